The van der Waals surface area contributed by atoms with E-state index < -0.39 is 0 Å². The summed E-state index contributed by atoms with van der Waals surface area (Å²) in [6.45, 7) is 0.703. The predicted octanol–water partition coefficient (Wildman–Crippen LogP) is 3.77. The van der Waals surface area contributed by atoms with E-state index in [0.29, 0.717) is 18.1 Å². The molecular formula is C23H24N4O2. The Morgan fingerprint density at radius 3 is 1.97 bits per heavy atom. The Morgan fingerprint density at radius 2 is 1.38 bits per heavy atom. The maximum atomic E-state index is 13.2. The summed E-state index contributed by atoms with van der Waals surface area (Å²) < 4.78 is 1.93. The first-order valence-corrected chi connectivity index (χ1v) is 9.83. The molecule has 1 aromatic heterocycles. The summed E-state index contributed by atoms with van der Waals surface area (Å²) in [6.07, 6.45) is 2.71. The molecule has 4 rings (SSSR count). The Bertz CT molecular complexity index is 946. The number of nitrogens with zero attached hydrogens (tertiary/aromatic N) is 4. The summed E-state index contributed by atoms with van der Waals surface area (Å²) >= 11 is 0. The summed E-state index contributed by atoms with van der Waals surface area (Å²) in [4.78, 5) is 34.2. The zero-order valence-corrected chi connectivity index (χ0v) is 16.7. The number of para-hydroxylation sites is 2. The maximum absolute atomic E-state index is 13.2. The molecule has 6 heteroatoms. The number of aromatic nitrogens is 2. The first-order valence-electron chi connectivity index (χ1n) is 9.83. The molecule has 2 amide bonds. The molecule has 0 saturated heterocycles. The van der Waals surface area contributed by atoms with Crippen LogP contribution in [0, 0.1) is 0 Å². The van der Waals surface area contributed by atoms with Gasteiger partial charge in [-0.3, -0.25) is 9.59 Å². The molecule has 1 aliphatic rings. The van der Waals surface area contributed by atoms with Crippen LogP contribution in [0.1, 0.15) is 39.6 Å². The monoisotopic (exact) mass is 388 g/mol. The van der Waals surface area contributed by atoms with Crippen LogP contribution in [0.15, 0.2) is 60.7 Å². The Morgan fingerprint density at radius 1 is 0.828 bits per heavy atom. The van der Waals surface area contributed by atoms with E-state index in [4.69, 9.17) is 0 Å². The molecule has 0 aliphatic carbocycles. The van der Waals surface area contributed by atoms with Gasteiger partial charge in [-0.2, -0.15) is 0 Å². The lowest BCUT2D eigenvalue weighted by Crippen LogP contribution is -2.30. The quantitative estimate of drug-likeness (QED) is 0.684. The van der Waals surface area contributed by atoms with E-state index in [0.717, 1.165) is 36.3 Å². The second-order valence-corrected chi connectivity index (χ2v) is 7.24. The molecule has 0 unspecified atom stereocenters. The van der Waals surface area contributed by atoms with Crippen molar-refractivity contribution in [2.24, 2.45) is 0 Å². The number of amides is 2. The van der Waals surface area contributed by atoms with Crippen LogP contribution in [0.5, 0.6) is 0 Å². The van der Waals surface area contributed by atoms with Crippen LogP contribution in [0.2, 0.25) is 0 Å². The summed E-state index contributed by atoms with van der Waals surface area (Å²) in [5, 5.41) is 0. The van der Waals surface area contributed by atoms with Crippen molar-refractivity contribution in [2.75, 3.05) is 23.9 Å². The molecule has 0 saturated carbocycles. The molecule has 2 aromatic carbocycles. The normalized spacial score (nSPS) is 12.9. The van der Waals surface area contributed by atoms with Crippen LogP contribution in [0.4, 0.5) is 11.4 Å². The van der Waals surface area contributed by atoms with Gasteiger partial charge in [-0.25, -0.2) is 4.98 Å². The molecule has 148 valence electrons. The smallest absolute Gasteiger partial charge is 0.294 e. The number of carbonyl (C=O) groups excluding carboxylic acids is 2. The average Bonchev–Trinajstić information content (AvgIpc) is 3.18. The van der Waals surface area contributed by atoms with E-state index in [1.807, 2.05) is 65.2 Å². The highest BCUT2D eigenvalue weighted by molar-refractivity contribution is 6.08. The summed E-state index contributed by atoms with van der Waals surface area (Å²) in [7, 11) is 3.48. The van der Waals surface area contributed by atoms with Gasteiger partial charge in [0.15, 0.2) is 5.69 Å². The molecule has 0 bridgehead atoms. The number of benzene rings is 2. The van der Waals surface area contributed by atoms with Crippen molar-refractivity contribution in [3.63, 3.8) is 0 Å². The van der Waals surface area contributed by atoms with Gasteiger partial charge in [0.25, 0.3) is 11.8 Å². The average molecular weight is 388 g/mol. The van der Waals surface area contributed by atoms with Crippen molar-refractivity contribution in [1.29, 1.82) is 0 Å². The number of anilines is 2. The molecule has 6 nitrogen and oxygen atoms in total. The summed E-state index contributed by atoms with van der Waals surface area (Å²) in [5.74, 6) is -0.0695. The molecule has 29 heavy (non-hydrogen) atoms. The lowest BCUT2D eigenvalue weighted by atomic mass is 10.1. The molecule has 0 radical (unpaired) electrons. The van der Waals surface area contributed by atoms with E-state index in [1.54, 1.807) is 23.9 Å². The third-order valence-electron chi connectivity index (χ3n) is 5.41. The predicted molar refractivity (Wildman–Crippen MR) is 114 cm³/mol. The van der Waals surface area contributed by atoms with Crippen LogP contribution >= 0.6 is 0 Å². The lowest BCUT2D eigenvalue weighted by molar-refractivity contribution is 0.0977. The molecule has 1 aliphatic heterocycles. The fourth-order valence-corrected chi connectivity index (χ4v) is 3.72. The highest BCUT2D eigenvalue weighted by Crippen LogP contribution is 2.25. The fourth-order valence-electron chi connectivity index (χ4n) is 3.72. The van der Waals surface area contributed by atoms with Crippen molar-refractivity contribution in [1.82, 2.24) is 9.55 Å². The van der Waals surface area contributed by atoms with Crippen LogP contribution < -0.4 is 9.80 Å². The van der Waals surface area contributed by atoms with Gasteiger partial charge >= 0.3 is 0 Å². The molecule has 3 aromatic rings. The second kappa shape index (κ2) is 7.91. The third-order valence-corrected chi connectivity index (χ3v) is 5.41. The zero-order chi connectivity index (χ0) is 20.4. The number of hydrogen-bond acceptors (Lipinski definition) is 3. The number of imidazole rings is 1. The summed E-state index contributed by atoms with van der Waals surface area (Å²) in [6, 6.07) is 18.9. The van der Waals surface area contributed by atoms with E-state index in [-0.39, 0.29) is 11.8 Å². The van der Waals surface area contributed by atoms with Gasteiger partial charge in [0, 0.05) is 32.0 Å². The minimum atomic E-state index is -0.208. The fraction of sp³-hybridized carbons (Fsp3) is 0.261. The van der Waals surface area contributed by atoms with E-state index in [9.17, 15) is 9.59 Å². The van der Waals surface area contributed by atoms with Crippen molar-refractivity contribution in [2.45, 2.75) is 25.8 Å². The molecular weight excluding hydrogens is 364 g/mol. The van der Waals surface area contributed by atoms with Gasteiger partial charge in [-0.05, 0) is 43.5 Å². The van der Waals surface area contributed by atoms with Gasteiger partial charge in [0.05, 0.1) is 5.69 Å². The molecule has 0 N–H and O–H groups in total. The number of fused-ring (bicyclic) bond motifs is 1. The first-order chi connectivity index (χ1) is 14.1. The molecule has 0 fully saturated rings. The van der Waals surface area contributed by atoms with Gasteiger partial charge in [0.2, 0.25) is 5.82 Å². The van der Waals surface area contributed by atoms with Gasteiger partial charge in [-0.15, -0.1) is 0 Å². The largest absolute Gasteiger partial charge is 0.323 e. The van der Waals surface area contributed by atoms with Crippen LogP contribution in [0.25, 0.3) is 0 Å². The van der Waals surface area contributed by atoms with Gasteiger partial charge in [-0.1, -0.05) is 36.4 Å². The van der Waals surface area contributed by atoms with E-state index >= 15 is 0 Å². The Balaban J connectivity index is 1.71. The molecule has 0 atom stereocenters. The first kappa shape index (κ1) is 18.9. The number of rotatable bonds is 4. The SMILES string of the molecule is CN(C(=O)c1nc(C(=O)N(C)c2ccccc2)n2c1CCCC2)c1ccccc1. The van der Waals surface area contributed by atoms with Gasteiger partial charge in [0.1, 0.15) is 0 Å². The van der Waals surface area contributed by atoms with Crippen molar-refractivity contribution in [3.05, 3.63) is 77.9 Å². The third kappa shape index (κ3) is 3.53. The van der Waals surface area contributed by atoms with Crippen molar-refractivity contribution in [3.8, 4) is 0 Å². The van der Waals surface area contributed by atoms with Crippen LogP contribution in [-0.2, 0) is 13.0 Å². The highest BCUT2D eigenvalue weighted by Gasteiger charge is 2.30. The minimum absolute atomic E-state index is 0.191. The summed E-state index contributed by atoms with van der Waals surface area (Å²) in [5.41, 5.74) is 2.82. The van der Waals surface area contributed by atoms with Crippen molar-refractivity contribution >= 4 is 23.2 Å². The number of hydrogen-bond donors (Lipinski definition) is 0. The molecule has 2 heterocycles. The van der Waals surface area contributed by atoms with E-state index in [2.05, 4.69) is 4.98 Å². The Labute approximate surface area is 170 Å². The number of carbonyl (C=O) groups is 2. The van der Waals surface area contributed by atoms with Crippen LogP contribution in [0.3, 0.4) is 0 Å². The maximum Gasteiger partial charge on any atom is 0.294 e. The Hall–Kier alpha value is -3.41. The van der Waals surface area contributed by atoms with Gasteiger partial charge < -0.3 is 14.4 Å². The minimum Gasteiger partial charge on any atom is -0.323 e. The van der Waals surface area contributed by atoms with E-state index in [1.165, 1.54) is 0 Å². The Kier molecular flexibility index (Phi) is 5.16. The molecule has 0 spiro atoms. The van der Waals surface area contributed by atoms with Crippen LogP contribution in [-0.4, -0.2) is 35.5 Å². The lowest BCUT2D eigenvalue weighted by Gasteiger charge is -2.21. The standard InChI is InChI=1S/C23H24N4O2/c1-25(17-11-5-3-6-12-17)22(28)20-19-15-9-10-16-27(19)21(24-20)23(29)26(2)18-13-7-4-8-14-18/h3-8,11-14H,9-10,15-16H2,1-2H3. The topological polar surface area (TPSA) is 58.4 Å². The highest BCUT2D eigenvalue weighted by atomic mass is 16.2. The zero-order valence-electron chi connectivity index (χ0n) is 16.7. The second-order valence-electron chi connectivity index (χ2n) is 7.24. The van der Waals surface area contributed by atoms with Crippen molar-refractivity contribution < 1.29 is 9.59 Å².